The lowest BCUT2D eigenvalue weighted by Crippen LogP contribution is -2.54. The monoisotopic (exact) mass is 525 g/mol. The molecule has 0 aliphatic heterocycles. The molecule has 2 aromatic rings. The topological polar surface area (TPSA) is 108 Å². The first kappa shape index (κ1) is 30.7. The molecule has 3 amide bonds. The molecule has 2 unspecified atom stereocenters. The summed E-state index contributed by atoms with van der Waals surface area (Å²) in [7, 11) is 0. The van der Waals surface area contributed by atoms with Gasteiger partial charge in [0.05, 0.1) is 0 Å². The van der Waals surface area contributed by atoms with Crippen LogP contribution < -0.4 is 10.6 Å². The van der Waals surface area contributed by atoms with Crippen molar-refractivity contribution >= 4 is 17.9 Å². The first-order valence-electron chi connectivity index (χ1n) is 13.4. The number of ether oxygens (including phenoxy) is 1. The van der Waals surface area contributed by atoms with Crippen LogP contribution in [-0.4, -0.2) is 52.6 Å². The second kappa shape index (κ2) is 14.4. The molecule has 0 heterocycles. The van der Waals surface area contributed by atoms with Crippen molar-refractivity contribution in [3.63, 3.8) is 0 Å². The highest BCUT2D eigenvalue weighted by atomic mass is 16.6. The van der Waals surface area contributed by atoms with Crippen molar-refractivity contribution in [2.24, 2.45) is 0 Å². The number of hydrogen-bond donors (Lipinski definition) is 3. The Balaban J connectivity index is 2.50. The highest BCUT2D eigenvalue weighted by Crippen LogP contribution is 2.27. The third-order valence-electron chi connectivity index (χ3n) is 5.95. The van der Waals surface area contributed by atoms with Gasteiger partial charge in [0.2, 0.25) is 11.8 Å². The number of benzene rings is 2. The van der Waals surface area contributed by atoms with E-state index in [1.165, 1.54) is 11.0 Å². The second-order valence-corrected chi connectivity index (χ2v) is 10.5. The molecule has 8 nitrogen and oxygen atoms in total. The maximum atomic E-state index is 14.2. The number of alkyl carbamates (subject to hydrolysis) is 1. The number of amides is 3. The highest BCUT2D eigenvalue weighted by molar-refractivity contribution is 5.92. The Bertz CT molecular complexity index is 1070. The molecule has 0 saturated heterocycles. The van der Waals surface area contributed by atoms with Crippen molar-refractivity contribution < 1.29 is 24.2 Å². The molecule has 8 heteroatoms. The molecular weight excluding hydrogens is 482 g/mol. The number of carbonyl (C=O) groups excluding carboxylic acids is 3. The molecular formula is C30H43N3O5. The molecule has 0 aromatic heterocycles. The predicted molar refractivity (Wildman–Crippen MR) is 149 cm³/mol. The van der Waals surface area contributed by atoms with Crippen LogP contribution >= 0.6 is 0 Å². The maximum Gasteiger partial charge on any atom is 0.408 e. The first-order chi connectivity index (χ1) is 18.0. The van der Waals surface area contributed by atoms with E-state index in [1.807, 2.05) is 44.2 Å². The van der Waals surface area contributed by atoms with Crippen LogP contribution in [0.4, 0.5) is 4.79 Å². The third kappa shape index (κ3) is 9.39. The van der Waals surface area contributed by atoms with Crippen molar-refractivity contribution in [1.29, 1.82) is 0 Å². The smallest absolute Gasteiger partial charge is 0.408 e. The fourth-order valence-corrected chi connectivity index (χ4v) is 4.11. The molecule has 2 rings (SSSR count). The van der Waals surface area contributed by atoms with Crippen LogP contribution in [-0.2, 0) is 20.7 Å². The molecule has 208 valence electrons. The summed E-state index contributed by atoms with van der Waals surface area (Å²) in [4.78, 5) is 42.0. The van der Waals surface area contributed by atoms with Crippen LogP contribution in [0.2, 0.25) is 0 Å². The molecule has 3 N–H and O–H groups in total. The molecule has 2 aromatic carbocycles. The zero-order chi connectivity index (χ0) is 28.3. The van der Waals surface area contributed by atoms with E-state index < -0.39 is 23.8 Å². The Morgan fingerprint density at radius 3 is 2.29 bits per heavy atom. The standard InChI is InChI=1S/C30H43N3O5/c1-7-9-17-31-27(35)26(23-15-16-25(34)21(3)19-23)33(18-8-2)28(36)24(20-22-13-11-10-12-14-22)32-29(37)38-30(4,5)6/h10-16,19,24,26,34H,7-9,17-18,20H2,1-6H3,(H,31,35)(H,32,37). The summed E-state index contributed by atoms with van der Waals surface area (Å²) in [6, 6.07) is 12.4. The van der Waals surface area contributed by atoms with Gasteiger partial charge in [0, 0.05) is 19.5 Å². The van der Waals surface area contributed by atoms with Gasteiger partial charge in [-0.15, -0.1) is 0 Å². The number of aryl methyl sites for hydroxylation is 1. The van der Waals surface area contributed by atoms with Gasteiger partial charge in [0.25, 0.3) is 0 Å². The van der Waals surface area contributed by atoms with E-state index in [0.717, 1.165) is 18.4 Å². The molecule has 0 saturated carbocycles. The first-order valence-corrected chi connectivity index (χ1v) is 13.4. The molecule has 0 bridgehead atoms. The molecule has 38 heavy (non-hydrogen) atoms. The largest absolute Gasteiger partial charge is 0.508 e. The summed E-state index contributed by atoms with van der Waals surface area (Å²) < 4.78 is 5.45. The van der Waals surface area contributed by atoms with Gasteiger partial charge in [0.15, 0.2) is 0 Å². The fraction of sp³-hybridized carbons (Fsp3) is 0.500. The summed E-state index contributed by atoms with van der Waals surface area (Å²) in [5.41, 5.74) is 1.32. The van der Waals surface area contributed by atoms with Gasteiger partial charge in [-0.2, -0.15) is 0 Å². The average Bonchev–Trinajstić information content (AvgIpc) is 2.84. The Morgan fingerprint density at radius 2 is 1.71 bits per heavy atom. The number of aromatic hydroxyl groups is 1. The Labute approximate surface area is 226 Å². The number of nitrogens with one attached hydrogen (secondary N) is 2. The zero-order valence-electron chi connectivity index (χ0n) is 23.5. The number of phenolic OH excluding ortho intramolecular Hbond substituents is 1. The van der Waals surface area contributed by atoms with Crippen molar-refractivity contribution in [3.8, 4) is 5.75 Å². The number of phenols is 1. The van der Waals surface area contributed by atoms with Gasteiger partial charge in [-0.3, -0.25) is 9.59 Å². The molecule has 0 fully saturated rings. The van der Waals surface area contributed by atoms with E-state index >= 15 is 0 Å². The fourth-order valence-electron chi connectivity index (χ4n) is 4.11. The third-order valence-corrected chi connectivity index (χ3v) is 5.95. The maximum absolute atomic E-state index is 14.2. The van der Waals surface area contributed by atoms with Crippen LogP contribution in [0.15, 0.2) is 48.5 Å². The quantitative estimate of drug-likeness (QED) is 0.337. The molecule has 2 atom stereocenters. The Kier molecular flexibility index (Phi) is 11.6. The average molecular weight is 526 g/mol. The SMILES string of the molecule is CCCCNC(=O)C(c1ccc(O)c(C)c1)N(CCC)C(=O)C(Cc1ccccc1)NC(=O)OC(C)(C)C. The number of rotatable bonds is 12. The lowest BCUT2D eigenvalue weighted by molar-refractivity contribution is -0.142. The summed E-state index contributed by atoms with van der Waals surface area (Å²) in [5, 5.41) is 15.8. The molecule has 0 aliphatic carbocycles. The van der Waals surface area contributed by atoms with E-state index in [9.17, 15) is 19.5 Å². The van der Waals surface area contributed by atoms with Gasteiger partial charge in [-0.05, 0) is 69.4 Å². The van der Waals surface area contributed by atoms with Gasteiger partial charge >= 0.3 is 6.09 Å². The summed E-state index contributed by atoms with van der Waals surface area (Å²) in [6.45, 7) is 11.8. The summed E-state index contributed by atoms with van der Waals surface area (Å²) in [6.07, 6.45) is 1.86. The van der Waals surface area contributed by atoms with Crippen LogP contribution in [0.3, 0.4) is 0 Å². The van der Waals surface area contributed by atoms with Gasteiger partial charge in [-0.25, -0.2) is 4.79 Å². The van der Waals surface area contributed by atoms with Crippen molar-refractivity contribution in [2.75, 3.05) is 13.1 Å². The Morgan fingerprint density at radius 1 is 1.03 bits per heavy atom. The highest BCUT2D eigenvalue weighted by Gasteiger charge is 2.36. The molecule has 0 spiro atoms. The minimum absolute atomic E-state index is 0.112. The zero-order valence-corrected chi connectivity index (χ0v) is 23.5. The normalized spacial score (nSPS) is 12.8. The van der Waals surface area contributed by atoms with E-state index in [4.69, 9.17) is 4.74 Å². The minimum atomic E-state index is -0.956. The van der Waals surface area contributed by atoms with Crippen LogP contribution in [0.1, 0.15) is 76.6 Å². The van der Waals surface area contributed by atoms with Crippen LogP contribution in [0.25, 0.3) is 0 Å². The summed E-state index contributed by atoms with van der Waals surface area (Å²) in [5.74, 6) is -0.579. The Hall–Kier alpha value is -3.55. The predicted octanol–water partition coefficient (Wildman–Crippen LogP) is 5.03. The molecule has 0 aliphatic rings. The lowest BCUT2D eigenvalue weighted by Gasteiger charge is -2.34. The molecule has 0 radical (unpaired) electrons. The summed E-state index contributed by atoms with van der Waals surface area (Å²) >= 11 is 0. The van der Waals surface area contributed by atoms with E-state index in [-0.39, 0.29) is 24.0 Å². The van der Waals surface area contributed by atoms with Crippen molar-refractivity contribution in [1.82, 2.24) is 15.5 Å². The van der Waals surface area contributed by atoms with Crippen LogP contribution in [0, 0.1) is 6.92 Å². The van der Waals surface area contributed by atoms with E-state index in [1.54, 1.807) is 39.8 Å². The van der Waals surface area contributed by atoms with Gasteiger partial charge < -0.3 is 25.4 Å². The number of hydrogen-bond acceptors (Lipinski definition) is 5. The van der Waals surface area contributed by atoms with Crippen molar-refractivity contribution in [3.05, 3.63) is 65.2 Å². The minimum Gasteiger partial charge on any atom is -0.508 e. The van der Waals surface area contributed by atoms with E-state index in [0.29, 0.717) is 30.6 Å². The number of unbranched alkanes of at least 4 members (excludes halogenated alkanes) is 1. The lowest BCUT2D eigenvalue weighted by atomic mass is 9.98. The van der Waals surface area contributed by atoms with Crippen molar-refractivity contribution in [2.45, 2.75) is 84.9 Å². The van der Waals surface area contributed by atoms with E-state index in [2.05, 4.69) is 10.6 Å². The van der Waals surface area contributed by atoms with Gasteiger partial charge in [0.1, 0.15) is 23.4 Å². The second-order valence-electron chi connectivity index (χ2n) is 10.5. The number of nitrogens with zero attached hydrogens (tertiary/aromatic N) is 1. The van der Waals surface area contributed by atoms with Gasteiger partial charge in [-0.1, -0.05) is 56.7 Å². The van der Waals surface area contributed by atoms with Crippen LogP contribution in [0.5, 0.6) is 5.75 Å². The number of carbonyl (C=O) groups is 3.